The van der Waals surface area contributed by atoms with E-state index in [4.69, 9.17) is 4.74 Å². The van der Waals surface area contributed by atoms with E-state index >= 15 is 0 Å². The fourth-order valence-electron chi connectivity index (χ4n) is 2.91. The lowest BCUT2D eigenvalue weighted by molar-refractivity contribution is 0.0738. The average Bonchev–Trinajstić information content (AvgIpc) is 2.85. The van der Waals surface area contributed by atoms with Gasteiger partial charge in [0.1, 0.15) is 10.6 Å². The third-order valence-corrected chi connectivity index (χ3v) is 6.20. The monoisotopic (exact) mass is 346 g/mol. The Morgan fingerprint density at radius 1 is 1.22 bits per heavy atom. The topological polar surface area (TPSA) is 43.4 Å². The summed E-state index contributed by atoms with van der Waals surface area (Å²) in [5.41, 5.74) is 1.48. The summed E-state index contributed by atoms with van der Waals surface area (Å²) in [7, 11) is 0. The third kappa shape index (κ3) is 3.21. The van der Waals surface area contributed by atoms with Gasteiger partial charge in [0.2, 0.25) is 0 Å². The summed E-state index contributed by atoms with van der Waals surface area (Å²) in [6.07, 6.45) is 3.19. The van der Waals surface area contributed by atoms with Crippen LogP contribution in [0, 0.1) is 5.41 Å². The van der Waals surface area contributed by atoms with E-state index in [0.717, 1.165) is 21.8 Å². The number of carbonyl (C=O) groups excluding carboxylic acids is 2. The van der Waals surface area contributed by atoms with Crippen LogP contribution in [0.3, 0.4) is 0 Å². The van der Waals surface area contributed by atoms with Crippen molar-refractivity contribution in [2.75, 3.05) is 6.26 Å². The Balaban J connectivity index is 2.00. The highest BCUT2D eigenvalue weighted by Gasteiger charge is 2.37. The number of thioether (sulfide) groups is 1. The predicted octanol–water partition coefficient (Wildman–Crippen LogP) is 4.84. The van der Waals surface area contributed by atoms with Gasteiger partial charge in [-0.2, -0.15) is 0 Å². The van der Waals surface area contributed by atoms with Crippen LogP contribution >= 0.6 is 23.1 Å². The maximum atomic E-state index is 12.6. The smallest absolute Gasteiger partial charge is 0.354 e. The number of benzene rings is 1. The normalized spacial score (nSPS) is 16.0. The average molecular weight is 346 g/mol. The van der Waals surface area contributed by atoms with Crippen LogP contribution in [-0.4, -0.2) is 18.0 Å². The van der Waals surface area contributed by atoms with Crippen molar-refractivity contribution in [1.82, 2.24) is 0 Å². The van der Waals surface area contributed by atoms with E-state index in [1.807, 2.05) is 24.5 Å². The Bertz CT molecular complexity index is 760. The van der Waals surface area contributed by atoms with Crippen molar-refractivity contribution in [3.8, 4) is 5.75 Å². The molecule has 0 saturated carbocycles. The standard InChI is InChI=1S/C18H18O3S2/c1-18(2)9-12-14(13(19)10-18)17(22-3)23-15(12)16(20)21-11-7-5-4-6-8-11/h4-8H,9-10H2,1-3H3. The van der Waals surface area contributed by atoms with Crippen molar-refractivity contribution < 1.29 is 14.3 Å². The van der Waals surface area contributed by atoms with Gasteiger partial charge >= 0.3 is 5.97 Å². The van der Waals surface area contributed by atoms with Gasteiger partial charge in [-0.25, -0.2) is 4.79 Å². The molecule has 1 aromatic carbocycles. The summed E-state index contributed by atoms with van der Waals surface area (Å²) >= 11 is 2.90. The molecule has 0 aliphatic heterocycles. The maximum absolute atomic E-state index is 12.6. The van der Waals surface area contributed by atoms with Gasteiger partial charge in [-0.05, 0) is 35.8 Å². The van der Waals surface area contributed by atoms with Gasteiger partial charge in [-0.3, -0.25) is 4.79 Å². The predicted molar refractivity (Wildman–Crippen MR) is 93.9 cm³/mol. The molecule has 1 aliphatic carbocycles. The molecule has 0 fully saturated rings. The highest BCUT2D eigenvalue weighted by atomic mass is 32.2. The van der Waals surface area contributed by atoms with Gasteiger partial charge in [0, 0.05) is 12.0 Å². The molecule has 0 unspecified atom stereocenters. The van der Waals surface area contributed by atoms with Gasteiger partial charge < -0.3 is 4.74 Å². The lowest BCUT2D eigenvalue weighted by Crippen LogP contribution is -2.27. The van der Waals surface area contributed by atoms with Gasteiger partial charge in [0.15, 0.2) is 5.78 Å². The first-order valence-corrected chi connectivity index (χ1v) is 9.45. The number of thiophene rings is 1. The van der Waals surface area contributed by atoms with Crippen molar-refractivity contribution in [3.05, 3.63) is 46.3 Å². The molecule has 120 valence electrons. The highest BCUT2D eigenvalue weighted by molar-refractivity contribution is 8.00. The SMILES string of the molecule is CSc1sc(C(=O)Oc2ccccc2)c2c1C(=O)CC(C)(C)C2. The minimum atomic E-state index is -0.372. The zero-order valence-electron chi connectivity index (χ0n) is 13.3. The van der Waals surface area contributed by atoms with Crippen LogP contribution in [0.5, 0.6) is 5.75 Å². The number of fused-ring (bicyclic) bond motifs is 1. The first-order valence-electron chi connectivity index (χ1n) is 7.41. The molecule has 1 aliphatic rings. The van der Waals surface area contributed by atoms with Crippen LogP contribution in [0.15, 0.2) is 34.5 Å². The summed E-state index contributed by atoms with van der Waals surface area (Å²) in [6, 6.07) is 9.03. The van der Waals surface area contributed by atoms with E-state index in [1.54, 1.807) is 12.1 Å². The summed E-state index contributed by atoms with van der Waals surface area (Å²) in [5.74, 6) is 0.283. The maximum Gasteiger partial charge on any atom is 0.354 e. The Morgan fingerprint density at radius 3 is 2.57 bits per heavy atom. The van der Waals surface area contributed by atoms with Gasteiger partial charge in [-0.1, -0.05) is 32.0 Å². The van der Waals surface area contributed by atoms with Gasteiger partial charge in [-0.15, -0.1) is 23.1 Å². The molecule has 0 amide bonds. The van der Waals surface area contributed by atoms with Crippen molar-refractivity contribution in [2.45, 2.75) is 30.9 Å². The molecule has 0 spiro atoms. The van der Waals surface area contributed by atoms with E-state index < -0.39 is 0 Å². The Hall–Kier alpha value is -1.59. The molecule has 23 heavy (non-hydrogen) atoms. The van der Waals surface area contributed by atoms with E-state index in [-0.39, 0.29) is 17.2 Å². The number of carbonyl (C=O) groups is 2. The molecule has 5 heteroatoms. The fourth-order valence-corrected chi connectivity index (χ4v) is 4.88. The highest BCUT2D eigenvalue weighted by Crippen LogP contribution is 2.44. The summed E-state index contributed by atoms with van der Waals surface area (Å²) < 4.78 is 6.40. The summed E-state index contributed by atoms with van der Waals surface area (Å²) in [6.45, 7) is 4.13. The minimum absolute atomic E-state index is 0.122. The number of ether oxygens (including phenoxy) is 1. The largest absolute Gasteiger partial charge is 0.422 e. The summed E-state index contributed by atoms with van der Waals surface area (Å²) in [5, 5.41) is 0. The molecule has 2 aromatic rings. The Labute approximate surface area is 144 Å². The lowest BCUT2D eigenvalue weighted by atomic mass is 9.74. The van der Waals surface area contributed by atoms with E-state index in [9.17, 15) is 9.59 Å². The third-order valence-electron chi connectivity index (χ3n) is 3.87. The number of hydrogen-bond acceptors (Lipinski definition) is 5. The summed E-state index contributed by atoms with van der Waals surface area (Å²) in [4.78, 5) is 25.7. The number of hydrogen-bond donors (Lipinski definition) is 0. The minimum Gasteiger partial charge on any atom is -0.422 e. The zero-order chi connectivity index (χ0) is 16.6. The molecular weight excluding hydrogens is 328 g/mol. The molecule has 1 aromatic heterocycles. The van der Waals surface area contributed by atoms with E-state index in [0.29, 0.717) is 17.0 Å². The van der Waals surface area contributed by atoms with Crippen molar-refractivity contribution in [2.24, 2.45) is 5.41 Å². The van der Waals surface area contributed by atoms with Crippen LogP contribution in [0.4, 0.5) is 0 Å². The van der Waals surface area contributed by atoms with Crippen molar-refractivity contribution in [1.29, 1.82) is 0 Å². The molecule has 0 saturated heterocycles. The fraction of sp³-hybridized carbons (Fsp3) is 0.333. The van der Waals surface area contributed by atoms with Gasteiger partial charge in [0.25, 0.3) is 0 Å². The molecule has 0 N–H and O–H groups in total. The number of rotatable bonds is 3. The zero-order valence-corrected chi connectivity index (χ0v) is 15.0. The van der Waals surface area contributed by atoms with Crippen LogP contribution in [0.1, 0.15) is 45.9 Å². The second-order valence-electron chi connectivity index (χ2n) is 6.42. The molecule has 3 nitrogen and oxygen atoms in total. The van der Waals surface area contributed by atoms with Crippen LogP contribution < -0.4 is 4.74 Å². The Morgan fingerprint density at radius 2 is 1.91 bits per heavy atom. The van der Waals surface area contributed by atoms with Crippen molar-refractivity contribution in [3.63, 3.8) is 0 Å². The number of para-hydroxylation sites is 1. The van der Waals surface area contributed by atoms with Crippen LogP contribution in [0.25, 0.3) is 0 Å². The van der Waals surface area contributed by atoms with E-state index in [1.165, 1.54) is 23.1 Å². The molecule has 1 heterocycles. The molecule has 3 rings (SSSR count). The first kappa shape index (κ1) is 16.3. The molecule has 0 bridgehead atoms. The van der Waals surface area contributed by atoms with Crippen LogP contribution in [0.2, 0.25) is 0 Å². The van der Waals surface area contributed by atoms with Crippen molar-refractivity contribution >= 4 is 34.9 Å². The number of esters is 1. The number of Topliss-reactive ketones (excluding diaryl/α,β-unsaturated/α-hetero) is 1. The first-order chi connectivity index (χ1) is 10.9. The van der Waals surface area contributed by atoms with E-state index in [2.05, 4.69) is 13.8 Å². The number of ketones is 1. The second-order valence-corrected chi connectivity index (χ2v) is 8.52. The molecular formula is C18H18O3S2. The quantitative estimate of drug-likeness (QED) is 0.453. The lowest BCUT2D eigenvalue weighted by Gasteiger charge is -2.29. The molecule has 0 radical (unpaired) electrons. The van der Waals surface area contributed by atoms with Gasteiger partial charge in [0.05, 0.1) is 4.21 Å². The second kappa shape index (κ2) is 6.13. The van der Waals surface area contributed by atoms with Crippen LogP contribution in [-0.2, 0) is 6.42 Å². The Kier molecular flexibility index (Phi) is 4.34. The molecule has 0 atom stereocenters.